The summed E-state index contributed by atoms with van der Waals surface area (Å²) in [5.74, 6) is -0.643. The van der Waals surface area contributed by atoms with Crippen molar-refractivity contribution in [1.29, 1.82) is 0 Å². The first kappa shape index (κ1) is 15.7. The molecule has 22 heavy (non-hydrogen) atoms. The van der Waals surface area contributed by atoms with Gasteiger partial charge in [0.2, 0.25) is 0 Å². The number of aromatic nitrogens is 1. The molecule has 114 valence electrons. The number of carbonyl (C=O) groups is 1. The standard InChI is InChI=1S/C14H11ClN2O5/c15-12-5-4-11(17(20)21)7-10(12)9-22-14(19)8-16-6-2-1-3-13(16)18/h1-7H,8-9H2. The first-order chi connectivity index (χ1) is 10.5. The van der Waals surface area contributed by atoms with Gasteiger partial charge in [-0.05, 0) is 12.1 Å². The monoisotopic (exact) mass is 322 g/mol. The van der Waals surface area contributed by atoms with Crippen LogP contribution < -0.4 is 5.56 Å². The van der Waals surface area contributed by atoms with Crippen molar-refractivity contribution in [2.75, 3.05) is 0 Å². The van der Waals surface area contributed by atoms with Crippen molar-refractivity contribution >= 4 is 23.3 Å². The average Bonchev–Trinajstić information content (AvgIpc) is 2.48. The van der Waals surface area contributed by atoms with E-state index in [9.17, 15) is 19.7 Å². The van der Waals surface area contributed by atoms with Crippen LogP contribution in [0.4, 0.5) is 5.69 Å². The molecule has 0 aliphatic heterocycles. The Hall–Kier alpha value is -2.67. The predicted octanol–water partition coefficient (Wildman–Crippen LogP) is 2.15. The molecule has 0 bridgehead atoms. The minimum atomic E-state index is -0.643. The van der Waals surface area contributed by atoms with E-state index in [2.05, 4.69) is 0 Å². The van der Waals surface area contributed by atoms with Crippen molar-refractivity contribution in [2.45, 2.75) is 13.2 Å². The SMILES string of the molecule is O=C(Cn1ccccc1=O)OCc1cc([N+](=O)[O-])ccc1Cl. The number of hydrogen-bond donors (Lipinski definition) is 0. The average molecular weight is 323 g/mol. The second-order valence-electron chi connectivity index (χ2n) is 4.36. The van der Waals surface area contributed by atoms with Crippen LogP contribution in [-0.4, -0.2) is 15.5 Å². The molecule has 0 atom stereocenters. The molecule has 0 saturated carbocycles. The van der Waals surface area contributed by atoms with E-state index < -0.39 is 10.9 Å². The number of hydrogen-bond acceptors (Lipinski definition) is 5. The second-order valence-corrected chi connectivity index (χ2v) is 4.77. The molecule has 2 rings (SSSR count). The lowest BCUT2D eigenvalue weighted by molar-refractivity contribution is -0.384. The quantitative estimate of drug-likeness (QED) is 0.478. The molecule has 0 aliphatic rings. The van der Waals surface area contributed by atoms with Crippen molar-refractivity contribution in [1.82, 2.24) is 4.57 Å². The van der Waals surface area contributed by atoms with E-state index in [0.717, 1.165) is 0 Å². The Kier molecular flexibility index (Phi) is 4.90. The van der Waals surface area contributed by atoms with Crippen LogP contribution in [0.3, 0.4) is 0 Å². The van der Waals surface area contributed by atoms with Gasteiger partial charge in [0.05, 0.1) is 4.92 Å². The van der Waals surface area contributed by atoms with Gasteiger partial charge in [-0.25, -0.2) is 0 Å². The Morgan fingerprint density at radius 1 is 1.32 bits per heavy atom. The highest BCUT2D eigenvalue weighted by Crippen LogP contribution is 2.22. The van der Waals surface area contributed by atoms with E-state index in [0.29, 0.717) is 5.56 Å². The van der Waals surface area contributed by atoms with Gasteiger partial charge in [-0.15, -0.1) is 0 Å². The van der Waals surface area contributed by atoms with E-state index >= 15 is 0 Å². The van der Waals surface area contributed by atoms with Gasteiger partial charge < -0.3 is 9.30 Å². The van der Waals surface area contributed by atoms with E-state index in [1.54, 1.807) is 12.1 Å². The van der Waals surface area contributed by atoms with E-state index in [4.69, 9.17) is 16.3 Å². The number of rotatable bonds is 5. The summed E-state index contributed by atoms with van der Waals surface area (Å²) in [6.45, 7) is -0.451. The molecule has 2 aromatic rings. The van der Waals surface area contributed by atoms with Gasteiger partial charge in [-0.2, -0.15) is 0 Å². The fourth-order valence-corrected chi connectivity index (χ4v) is 1.89. The third-order valence-corrected chi connectivity index (χ3v) is 3.20. The summed E-state index contributed by atoms with van der Waals surface area (Å²) in [7, 11) is 0. The van der Waals surface area contributed by atoms with Gasteiger partial charge in [0.15, 0.2) is 0 Å². The number of halogens is 1. The molecule has 1 heterocycles. The maximum absolute atomic E-state index is 11.7. The number of non-ortho nitro benzene ring substituents is 1. The summed E-state index contributed by atoms with van der Waals surface area (Å²) in [6, 6.07) is 8.37. The molecular weight excluding hydrogens is 312 g/mol. The number of nitro groups is 1. The molecule has 8 heteroatoms. The highest BCUT2D eigenvalue weighted by molar-refractivity contribution is 6.31. The molecule has 0 radical (unpaired) electrons. The minimum Gasteiger partial charge on any atom is -0.459 e. The Morgan fingerprint density at radius 3 is 2.77 bits per heavy atom. The lowest BCUT2D eigenvalue weighted by Crippen LogP contribution is -2.23. The molecule has 0 N–H and O–H groups in total. The number of nitrogens with zero attached hydrogens (tertiary/aromatic N) is 2. The van der Waals surface area contributed by atoms with Crippen LogP contribution in [0.2, 0.25) is 5.02 Å². The Morgan fingerprint density at radius 2 is 2.09 bits per heavy atom. The van der Waals surface area contributed by atoms with Gasteiger partial charge in [-0.3, -0.25) is 19.7 Å². The number of pyridine rings is 1. The van der Waals surface area contributed by atoms with Crippen molar-refractivity contribution < 1.29 is 14.5 Å². The summed E-state index contributed by atoms with van der Waals surface area (Å²) >= 11 is 5.90. The molecule has 1 aromatic carbocycles. The summed E-state index contributed by atoms with van der Waals surface area (Å²) < 4.78 is 6.19. The highest BCUT2D eigenvalue weighted by atomic mass is 35.5. The predicted molar refractivity (Wildman–Crippen MR) is 78.6 cm³/mol. The van der Waals surface area contributed by atoms with E-state index in [1.807, 2.05) is 0 Å². The zero-order valence-electron chi connectivity index (χ0n) is 11.3. The topological polar surface area (TPSA) is 91.4 Å². The Balaban J connectivity index is 2.02. The smallest absolute Gasteiger partial charge is 0.326 e. The van der Waals surface area contributed by atoms with Gasteiger partial charge in [0.25, 0.3) is 11.2 Å². The normalized spacial score (nSPS) is 10.2. The zero-order chi connectivity index (χ0) is 16.1. The van der Waals surface area contributed by atoms with Gasteiger partial charge in [0, 0.05) is 35.0 Å². The van der Waals surface area contributed by atoms with Crippen LogP contribution in [-0.2, 0) is 22.7 Å². The first-order valence-electron chi connectivity index (χ1n) is 6.21. The summed E-state index contributed by atoms with van der Waals surface area (Å²) in [5, 5.41) is 11.0. The number of esters is 1. The van der Waals surface area contributed by atoms with Crippen molar-refractivity contribution in [3.05, 3.63) is 73.6 Å². The highest BCUT2D eigenvalue weighted by Gasteiger charge is 2.12. The van der Waals surface area contributed by atoms with Crippen LogP contribution in [0.15, 0.2) is 47.4 Å². The zero-order valence-corrected chi connectivity index (χ0v) is 12.0. The molecule has 0 aliphatic carbocycles. The van der Waals surface area contributed by atoms with Crippen LogP contribution in [0.5, 0.6) is 0 Å². The number of carbonyl (C=O) groups excluding carboxylic acids is 1. The minimum absolute atomic E-state index is 0.144. The third kappa shape index (κ3) is 3.92. The van der Waals surface area contributed by atoms with Crippen molar-refractivity contribution in [3.63, 3.8) is 0 Å². The van der Waals surface area contributed by atoms with Crippen molar-refractivity contribution in [2.24, 2.45) is 0 Å². The Bertz CT molecular complexity index is 772. The van der Waals surface area contributed by atoms with Crippen LogP contribution in [0.25, 0.3) is 0 Å². The van der Waals surface area contributed by atoms with E-state index in [-0.39, 0.29) is 29.4 Å². The Labute approximate surface area is 129 Å². The van der Waals surface area contributed by atoms with Gasteiger partial charge >= 0.3 is 5.97 Å². The summed E-state index contributed by atoms with van der Waals surface area (Å²) in [5.41, 5.74) is -0.146. The molecule has 0 spiro atoms. The molecule has 0 saturated heterocycles. The summed E-state index contributed by atoms with van der Waals surface area (Å²) in [4.78, 5) is 33.3. The summed E-state index contributed by atoms with van der Waals surface area (Å²) in [6.07, 6.45) is 1.46. The second kappa shape index (κ2) is 6.86. The van der Waals surface area contributed by atoms with Gasteiger partial charge in [-0.1, -0.05) is 17.7 Å². The fraction of sp³-hybridized carbons (Fsp3) is 0.143. The first-order valence-corrected chi connectivity index (χ1v) is 6.59. The lowest BCUT2D eigenvalue weighted by atomic mass is 10.2. The van der Waals surface area contributed by atoms with Crippen LogP contribution in [0.1, 0.15) is 5.56 Å². The third-order valence-electron chi connectivity index (χ3n) is 2.83. The fourth-order valence-electron chi connectivity index (χ4n) is 1.72. The number of nitro benzene ring substituents is 1. The largest absolute Gasteiger partial charge is 0.459 e. The molecule has 0 fully saturated rings. The number of benzene rings is 1. The van der Waals surface area contributed by atoms with Crippen LogP contribution >= 0.6 is 11.6 Å². The van der Waals surface area contributed by atoms with Crippen molar-refractivity contribution in [3.8, 4) is 0 Å². The molecule has 1 aromatic heterocycles. The maximum atomic E-state index is 11.7. The van der Waals surface area contributed by atoms with Crippen LogP contribution in [0, 0.1) is 10.1 Å². The maximum Gasteiger partial charge on any atom is 0.326 e. The lowest BCUT2D eigenvalue weighted by Gasteiger charge is -2.08. The van der Waals surface area contributed by atoms with E-state index in [1.165, 1.54) is 35.0 Å². The molecule has 0 amide bonds. The molecule has 0 unspecified atom stereocenters. The van der Waals surface area contributed by atoms with Gasteiger partial charge in [0.1, 0.15) is 13.2 Å². The molecule has 7 nitrogen and oxygen atoms in total. The molecular formula is C14H11ClN2O5. The number of ether oxygens (including phenoxy) is 1.